The molecule has 0 unspecified atom stereocenters. The van der Waals surface area contributed by atoms with Crippen LogP contribution in [0, 0.1) is 0 Å². The third-order valence-corrected chi connectivity index (χ3v) is 4.81. The van der Waals surface area contributed by atoms with Gasteiger partial charge in [-0.05, 0) is 38.1 Å². The van der Waals surface area contributed by atoms with E-state index in [0.717, 1.165) is 22.7 Å². The third-order valence-electron chi connectivity index (χ3n) is 3.67. The minimum atomic E-state index is -4.66. The lowest BCUT2D eigenvalue weighted by Crippen LogP contribution is -2.37. The molecule has 0 aliphatic rings. The summed E-state index contributed by atoms with van der Waals surface area (Å²) < 4.78 is 70.0. The van der Waals surface area contributed by atoms with Gasteiger partial charge in [0.15, 0.2) is 0 Å². The number of halogens is 3. The van der Waals surface area contributed by atoms with Gasteiger partial charge in [-0.2, -0.15) is 13.2 Å². The van der Waals surface area contributed by atoms with Gasteiger partial charge in [0.2, 0.25) is 15.9 Å². The van der Waals surface area contributed by atoms with Crippen molar-refractivity contribution >= 4 is 27.3 Å². The number of sulfonamides is 1. The quantitative estimate of drug-likeness (QED) is 0.723. The highest BCUT2D eigenvalue weighted by atomic mass is 32.2. The molecule has 1 amide bonds. The molecule has 2 rings (SSSR count). The van der Waals surface area contributed by atoms with E-state index in [2.05, 4.69) is 5.32 Å². The van der Waals surface area contributed by atoms with E-state index >= 15 is 0 Å². The van der Waals surface area contributed by atoms with Crippen LogP contribution in [0.15, 0.2) is 48.5 Å². The molecule has 0 aliphatic heterocycles. The Hall–Kier alpha value is -2.75. The minimum Gasteiger partial charge on any atom is -0.491 e. The van der Waals surface area contributed by atoms with Crippen LogP contribution in [0.25, 0.3) is 0 Å². The monoisotopic (exact) mass is 430 g/mol. The molecule has 0 saturated carbocycles. The molecule has 0 spiro atoms. The van der Waals surface area contributed by atoms with Crippen LogP contribution in [0.4, 0.5) is 24.5 Å². The Morgan fingerprint density at radius 3 is 2.38 bits per heavy atom. The number of nitrogens with zero attached hydrogens (tertiary/aromatic N) is 1. The predicted octanol–water partition coefficient (Wildman–Crippen LogP) is 3.90. The standard InChI is InChI=1S/C19H21F3N2O4S/c1-13(2)28-15-8-6-7-14(11-15)24(29(3,26)27)12-18(25)23-17-10-5-4-9-16(17)19(20,21)22/h4-11,13H,12H2,1-3H3,(H,23,25). The summed E-state index contributed by atoms with van der Waals surface area (Å²) in [6, 6.07) is 10.6. The second-order valence-electron chi connectivity index (χ2n) is 6.53. The van der Waals surface area contributed by atoms with Gasteiger partial charge in [0.25, 0.3) is 0 Å². The molecule has 0 atom stereocenters. The van der Waals surface area contributed by atoms with Gasteiger partial charge in [0.1, 0.15) is 12.3 Å². The molecule has 0 aromatic heterocycles. The molecule has 0 fully saturated rings. The molecular weight excluding hydrogens is 409 g/mol. The SMILES string of the molecule is CC(C)Oc1cccc(N(CC(=O)Nc2ccccc2C(F)(F)F)S(C)(=O)=O)c1. The van der Waals surface area contributed by atoms with E-state index < -0.39 is 39.9 Å². The first kappa shape index (κ1) is 22.5. The first-order valence-corrected chi connectivity index (χ1v) is 10.4. The van der Waals surface area contributed by atoms with Gasteiger partial charge < -0.3 is 10.1 Å². The van der Waals surface area contributed by atoms with Crippen LogP contribution in [0.2, 0.25) is 0 Å². The molecule has 158 valence electrons. The van der Waals surface area contributed by atoms with Crippen LogP contribution in [-0.2, 0) is 21.0 Å². The van der Waals surface area contributed by atoms with E-state index in [1.54, 1.807) is 26.0 Å². The van der Waals surface area contributed by atoms with Gasteiger partial charge in [0.05, 0.1) is 29.3 Å². The number of alkyl halides is 3. The lowest BCUT2D eigenvalue weighted by molar-refractivity contribution is -0.137. The zero-order chi connectivity index (χ0) is 21.8. The van der Waals surface area contributed by atoms with Crippen molar-refractivity contribution in [3.63, 3.8) is 0 Å². The second kappa shape index (κ2) is 8.73. The Bertz CT molecular complexity index is 975. The number of hydrogen-bond acceptors (Lipinski definition) is 4. The number of hydrogen-bond donors (Lipinski definition) is 1. The fourth-order valence-corrected chi connectivity index (χ4v) is 3.39. The topological polar surface area (TPSA) is 75.7 Å². The van der Waals surface area contributed by atoms with Crippen LogP contribution >= 0.6 is 0 Å². The van der Waals surface area contributed by atoms with E-state index in [0.29, 0.717) is 5.75 Å². The van der Waals surface area contributed by atoms with Crippen molar-refractivity contribution in [1.29, 1.82) is 0 Å². The zero-order valence-electron chi connectivity index (χ0n) is 16.0. The van der Waals surface area contributed by atoms with E-state index in [1.165, 1.54) is 24.3 Å². The molecule has 0 radical (unpaired) electrons. The van der Waals surface area contributed by atoms with Crippen LogP contribution in [0.3, 0.4) is 0 Å². The lowest BCUT2D eigenvalue weighted by Gasteiger charge is -2.23. The summed E-state index contributed by atoms with van der Waals surface area (Å²) in [4.78, 5) is 12.4. The number of para-hydroxylation sites is 1. The third kappa shape index (κ3) is 6.38. The molecule has 6 nitrogen and oxygen atoms in total. The van der Waals surface area contributed by atoms with Crippen LogP contribution in [0.5, 0.6) is 5.75 Å². The number of rotatable bonds is 7. The van der Waals surface area contributed by atoms with Gasteiger partial charge in [-0.25, -0.2) is 8.42 Å². The minimum absolute atomic E-state index is 0.154. The molecular formula is C19H21F3N2O4S. The average Bonchev–Trinajstić information content (AvgIpc) is 2.58. The van der Waals surface area contributed by atoms with Crippen LogP contribution < -0.4 is 14.4 Å². The zero-order valence-corrected chi connectivity index (χ0v) is 16.8. The number of anilines is 2. The van der Waals surface area contributed by atoms with E-state index in [4.69, 9.17) is 4.74 Å². The maximum Gasteiger partial charge on any atom is 0.418 e. The summed E-state index contributed by atoms with van der Waals surface area (Å²) in [5.41, 5.74) is -1.31. The summed E-state index contributed by atoms with van der Waals surface area (Å²) in [6.07, 6.45) is -3.91. The molecule has 2 aromatic rings. The Morgan fingerprint density at radius 1 is 1.14 bits per heavy atom. The Morgan fingerprint density at radius 2 is 1.79 bits per heavy atom. The summed E-state index contributed by atoms with van der Waals surface area (Å²) in [5.74, 6) is -0.517. The molecule has 29 heavy (non-hydrogen) atoms. The van der Waals surface area contributed by atoms with Crippen LogP contribution in [-0.4, -0.2) is 33.2 Å². The first-order chi connectivity index (χ1) is 13.4. The lowest BCUT2D eigenvalue weighted by atomic mass is 10.1. The number of nitrogens with one attached hydrogen (secondary N) is 1. The molecule has 0 heterocycles. The van der Waals surface area contributed by atoms with Crippen molar-refractivity contribution in [2.45, 2.75) is 26.1 Å². The Labute approximate surface area is 167 Å². The van der Waals surface area contributed by atoms with E-state index in [9.17, 15) is 26.4 Å². The summed E-state index contributed by atoms with van der Waals surface area (Å²) >= 11 is 0. The largest absolute Gasteiger partial charge is 0.491 e. The normalized spacial score (nSPS) is 12.0. The molecule has 1 N–H and O–H groups in total. The molecule has 0 bridgehead atoms. The maximum absolute atomic E-state index is 13.1. The van der Waals surface area contributed by atoms with Crippen molar-refractivity contribution in [3.05, 3.63) is 54.1 Å². The number of ether oxygens (including phenoxy) is 1. The first-order valence-electron chi connectivity index (χ1n) is 8.58. The summed E-state index contributed by atoms with van der Waals surface area (Å²) in [5, 5.41) is 2.14. The van der Waals surface area contributed by atoms with Crippen molar-refractivity contribution in [3.8, 4) is 5.75 Å². The fourth-order valence-electron chi connectivity index (χ4n) is 2.54. The Balaban J connectivity index is 2.28. The fraction of sp³-hybridized carbons (Fsp3) is 0.316. The number of carbonyl (C=O) groups excluding carboxylic acids is 1. The van der Waals surface area contributed by atoms with Crippen LogP contribution in [0.1, 0.15) is 19.4 Å². The maximum atomic E-state index is 13.1. The van der Waals surface area contributed by atoms with Gasteiger partial charge in [-0.3, -0.25) is 9.10 Å². The molecule has 10 heteroatoms. The smallest absolute Gasteiger partial charge is 0.418 e. The van der Waals surface area contributed by atoms with Crippen molar-refractivity contribution in [2.75, 3.05) is 22.4 Å². The van der Waals surface area contributed by atoms with Gasteiger partial charge in [0, 0.05) is 6.07 Å². The predicted molar refractivity (Wildman–Crippen MR) is 104 cm³/mol. The highest BCUT2D eigenvalue weighted by Crippen LogP contribution is 2.34. The molecule has 2 aromatic carbocycles. The number of amides is 1. The van der Waals surface area contributed by atoms with Crippen molar-refractivity contribution < 1.29 is 31.1 Å². The highest BCUT2D eigenvalue weighted by molar-refractivity contribution is 7.92. The number of carbonyl (C=O) groups is 1. The second-order valence-corrected chi connectivity index (χ2v) is 8.43. The summed E-state index contributed by atoms with van der Waals surface area (Å²) in [7, 11) is -3.89. The molecule has 0 aliphatic carbocycles. The highest BCUT2D eigenvalue weighted by Gasteiger charge is 2.33. The van der Waals surface area contributed by atoms with Crippen molar-refractivity contribution in [2.24, 2.45) is 0 Å². The summed E-state index contributed by atoms with van der Waals surface area (Å²) in [6.45, 7) is 2.90. The van der Waals surface area contributed by atoms with E-state index in [1.807, 2.05) is 0 Å². The van der Waals surface area contributed by atoms with Crippen molar-refractivity contribution in [1.82, 2.24) is 0 Å². The number of benzene rings is 2. The van der Waals surface area contributed by atoms with Gasteiger partial charge in [-0.1, -0.05) is 18.2 Å². The Kier molecular flexibility index (Phi) is 6.78. The van der Waals surface area contributed by atoms with Gasteiger partial charge in [-0.15, -0.1) is 0 Å². The van der Waals surface area contributed by atoms with E-state index in [-0.39, 0.29) is 11.8 Å². The average molecular weight is 430 g/mol. The molecule has 0 saturated heterocycles. The van der Waals surface area contributed by atoms with Gasteiger partial charge >= 0.3 is 6.18 Å².